The molecular weight excluding hydrogens is 815 g/mol. The van der Waals surface area contributed by atoms with Crippen molar-refractivity contribution in [2.75, 3.05) is 5.75 Å². The number of para-hydroxylation sites is 1. The Labute approximate surface area is 362 Å². The summed E-state index contributed by atoms with van der Waals surface area (Å²) in [7, 11) is 0. The maximum atomic E-state index is 14.2. The molecule has 1 heterocycles. The number of carboxylic acid groups (broad SMARTS) is 2. The van der Waals surface area contributed by atoms with E-state index < -0.39 is 84.1 Å². The van der Waals surface area contributed by atoms with Crippen molar-refractivity contribution in [3.05, 3.63) is 144 Å². The first-order chi connectivity index (χ1) is 29.8. The van der Waals surface area contributed by atoms with E-state index in [0.29, 0.717) is 16.7 Å². The molecule has 324 valence electrons. The van der Waals surface area contributed by atoms with E-state index in [1.165, 1.54) is 0 Å². The lowest BCUT2D eigenvalue weighted by atomic mass is 10.0. The van der Waals surface area contributed by atoms with Gasteiger partial charge in [0.2, 0.25) is 29.5 Å². The number of aliphatic carboxylic acids is 2. The molecule has 5 rings (SSSR count). The molecule has 0 aliphatic carbocycles. The number of thiol groups is 1. The molecular formula is C45H49N7O9S. The van der Waals surface area contributed by atoms with Crippen LogP contribution in [0.2, 0.25) is 0 Å². The number of benzene rings is 4. The van der Waals surface area contributed by atoms with Gasteiger partial charge in [0.05, 0.1) is 12.5 Å². The summed E-state index contributed by atoms with van der Waals surface area (Å²) < 4.78 is 0. The molecule has 0 spiro atoms. The van der Waals surface area contributed by atoms with Crippen LogP contribution in [0, 0.1) is 0 Å². The van der Waals surface area contributed by atoms with Crippen molar-refractivity contribution in [1.29, 1.82) is 0 Å². The van der Waals surface area contributed by atoms with E-state index in [0.717, 1.165) is 16.5 Å². The summed E-state index contributed by atoms with van der Waals surface area (Å²) in [6, 6.07) is 25.5. The highest BCUT2D eigenvalue weighted by atomic mass is 32.1. The number of fused-ring (bicyclic) bond motifs is 1. The molecule has 6 atom stereocenters. The zero-order valence-electron chi connectivity index (χ0n) is 33.5. The highest BCUT2D eigenvalue weighted by Gasteiger charge is 2.34. The van der Waals surface area contributed by atoms with Crippen molar-refractivity contribution in [1.82, 2.24) is 31.6 Å². The molecule has 0 aliphatic rings. The third-order valence-corrected chi connectivity index (χ3v) is 10.4. The molecule has 4 aromatic carbocycles. The van der Waals surface area contributed by atoms with Crippen molar-refractivity contribution in [3.63, 3.8) is 0 Å². The van der Waals surface area contributed by atoms with Gasteiger partial charge in [-0.25, -0.2) is 4.79 Å². The third-order valence-electron chi connectivity index (χ3n) is 10.0. The van der Waals surface area contributed by atoms with Crippen molar-refractivity contribution in [3.8, 4) is 0 Å². The number of aromatic nitrogens is 1. The smallest absolute Gasteiger partial charge is 0.327 e. The minimum atomic E-state index is -1.77. The summed E-state index contributed by atoms with van der Waals surface area (Å²) in [5.74, 6) is -7.36. The zero-order valence-corrected chi connectivity index (χ0v) is 34.4. The number of amides is 5. The van der Waals surface area contributed by atoms with Crippen LogP contribution in [-0.4, -0.2) is 98.7 Å². The maximum absolute atomic E-state index is 14.2. The van der Waals surface area contributed by atoms with E-state index >= 15 is 0 Å². The second-order valence-electron chi connectivity index (χ2n) is 14.7. The van der Waals surface area contributed by atoms with E-state index in [1.807, 2.05) is 30.3 Å². The van der Waals surface area contributed by atoms with Crippen LogP contribution in [0.4, 0.5) is 0 Å². The molecule has 0 unspecified atom stereocenters. The molecule has 62 heavy (non-hydrogen) atoms. The van der Waals surface area contributed by atoms with E-state index in [1.54, 1.807) is 91.1 Å². The summed E-state index contributed by atoms with van der Waals surface area (Å²) in [6.45, 7) is 0. The Morgan fingerprint density at radius 2 is 0.919 bits per heavy atom. The fourth-order valence-electron chi connectivity index (χ4n) is 6.75. The van der Waals surface area contributed by atoms with Crippen LogP contribution in [0.5, 0.6) is 0 Å². The molecule has 0 radical (unpaired) electrons. The summed E-state index contributed by atoms with van der Waals surface area (Å²) in [5, 5.41) is 32.9. The van der Waals surface area contributed by atoms with Gasteiger partial charge in [0.1, 0.15) is 30.2 Å². The average Bonchev–Trinajstić information content (AvgIpc) is 3.67. The van der Waals surface area contributed by atoms with Gasteiger partial charge in [0.25, 0.3) is 0 Å². The standard InChI is InChI=1S/C45H49N7O9S/c46-32(20-27-12-4-1-5-13-27)40(55)48-34(21-28-14-6-2-7-15-28)41(56)49-35(22-29-16-8-3-9-17-29)42(57)51-37(24-39(53)54)44(59)50-36(43(58)52-38(26-62)45(60)61)23-30-25-47-33-19-11-10-18-31(30)33/h1-19,25,32,34-38,47,62H,20-24,26,46H2,(H,48,55)(H,49,56)(H,50,59)(H,51,57)(H,52,58)(H,53,54)(H,60,61)/t32-,34-,35-,36-,37-,38-/m0/s1. The Morgan fingerprint density at radius 1 is 0.516 bits per heavy atom. The van der Waals surface area contributed by atoms with Gasteiger partial charge in [-0.2, -0.15) is 12.6 Å². The zero-order chi connectivity index (χ0) is 44.6. The Bertz CT molecular complexity index is 2330. The number of carboxylic acids is 2. The van der Waals surface area contributed by atoms with E-state index in [2.05, 4.69) is 44.2 Å². The number of aromatic amines is 1. The lowest BCUT2D eigenvalue weighted by molar-refractivity contribution is -0.143. The quantitative estimate of drug-likeness (QED) is 0.0450. The third kappa shape index (κ3) is 13.5. The van der Waals surface area contributed by atoms with E-state index in [-0.39, 0.29) is 31.4 Å². The van der Waals surface area contributed by atoms with Crippen LogP contribution in [0.1, 0.15) is 28.7 Å². The van der Waals surface area contributed by atoms with Crippen LogP contribution in [0.3, 0.4) is 0 Å². The van der Waals surface area contributed by atoms with Crippen molar-refractivity contribution in [2.24, 2.45) is 5.73 Å². The number of rotatable bonds is 22. The Hall–Kier alpha value is -6.98. The fourth-order valence-corrected chi connectivity index (χ4v) is 6.99. The van der Waals surface area contributed by atoms with E-state index in [4.69, 9.17) is 5.73 Å². The monoisotopic (exact) mass is 863 g/mol. The first-order valence-corrected chi connectivity index (χ1v) is 20.4. The van der Waals surface area contributed by atoms with Crippen LogP contribution >= 0.6 is 12.6 Å². The lowest BCUT2D eigenvalue weighted by Crippen LogP contribution is -2.60. The predicted molar refractivity (Wildman–Crippen MR) is 234 cm³/mol. The Morgan fingerprint density at radius 3 is 1.40 bits per heavy atom. The number of nitrogens with one attached hydrogen (secondary N) is 6. The normalized spacial score (nSPS) is 13.9. The van der Waals surface area contributed by atoms with Gasteiger partial charge in [-0.05, 0) is 34.7 Å². The molecule has 0 bridgehead atoms. The van der Waals surface area contributed by atoms with Crippen LogP contribution < -0.4 is 32.3 Å². The number of hydrogen-bond donors (Lipinski definition) is 10. The molecule has 10 N–H and O–H groups in total. The number of H-pyrrole nitrogens is 1. The number of hydrogen-bond acceptors (Lipinski definition) is 9. The van der Waals surface area contributed by atoms with Gasteiger partial charge < -0.3 is 47.5 Å². The number of carbonyl (C=O) groups is 7. The van der Waals surface area contributed by atoms with Crippen molar-refractivity contribution in [2.45, 2.75) is 68.4 Å². The lowest BCUT2D eigenvalue weighted by Gasteiger charge is -2.27. The number of carbonyl (C=O) groups excluding carboxylic acids is 5. The van der Waals surface area contributed by atoms with Gasteiger partial charge in [-0.3, -0.25) is 28.8 Å². The molecule has 0 fully saturated rings. The van der Waals surface area contributed by atoms with E-state index in [9.17, 15) is 43.8 Å². The fraction of sp³-hybridized carbons (Fsp3) is 0.267. The summed E-state index contributed by atoms with van der Waals surface area (Å²) in [5.41, 5.74) is 9.70. The first-order valence-electron chi connectivity index (χ1n) is 19.8. The van der Waals surface area contributed by atoms with Gasteiger partial charge in [-0.15, -0.1) is 0 Å². The average molecular weight is 864 g/mol. The first kappa shape index (κ1) is 46.1. The molecule has 1 aromatic heterocycles. The largest absolute Gasteiger partial charge is 0.481 e. The minimum Gasteiger partial charge on any atom is -0.481 e. The summed E-state index contributed by atoms with van der Waals surface area (Å²) in [4.78, 5) is 96.4. The van der Waals surface area contributed by atoms with Gasteiger partial charge >= 0.3 is 11.9 Å². The second kappa shape index (κ2) is 22.6. The highest BCUT2D eigenvalue weighted by Crippen LogP contribution is 2.20. The molecule has 0 aliphatic heterocycles. The molecule has 5 amide bonds. The van der Waals surface area contributed by atoms with Gasteiger partial charge in [0.15, 0.2) is 0 Å². The van der Waals surface area contributed by atoms with Crippen molar-refractivity contribution < 1.29 is 43.8 Å². The molecule has 16 nitrogen and oxygen atoms in total. The number of nitrogens with two attached hydrogens (primary N) is 1. The SMILES string of the molecule is N[C@@H](Cc1ccccc1)C(=O)N[C@@H](Cc1ccccc1)C(=O)N[C@@H](Cc1ccccc1)C(=O)N[C@@H](CC(=O)O)C(=O)N[C@@H](Cc1c[nH]c2ccccc12)C(=O)N[C@@H](CS)C(=O)O. The van der Waals surface area contributed by atoms with Gasteiger partial charge in [-0.1, -0.05) is 109 Å². The Balaban J connectivity index is 1.39. The molecule has 0 saturated heterocycles. The topological polar surface area (TPSA) is 262 Å². The summed E-state index contributed by atoms with van der Waals surface area (Å²) >= 11 is 4.02. The van der Waals surface area contributed by atoms with Crippen LogP contribution in [-0.2, 0) is 59.2 Å². The minimum absolute atomic E-state index is 0.0238. The maximum Gasteiger partial charge on any atom is 0.327 e. The Kier molecular flexibility index (Phi) is 16.8. The second-order valence-corrected chi connectivity index (χ2v) is 15.0. The molecule has 5 aromatic rings. The highest BCUT2D eigenvalue weighted by molar-refractivity contribution is 7.80. The summed E-state index contributed by atoms with van der Waals surface area (Å²) in [6.07, 6.45) is 0.664. The molecule has 17 heteroatoms. The van der Waals surface area contributed by atoms with Crippen LogP contribution in [0.25, 0.3) is 10.9 Å². The predicted octanol–water partition coefficient (Wildman–Crippen LogP) is 1.68. The van der Waals surface area contributed by atoms with Crippen LogP contribution in [0.15, 0.2) is 121 Å². The van der Waals surface area contributed by atoms with Gasteiger partial charge in [0, 0.05) is 42.1 Å². The molecule has 0 saturated carbocycles. The van der Waals surface area contributed by atoms with Crippen molar-refractivity contribution >= 4 is 65.0 Å².